The van der Waals surface area contributed by atoms with Crippen LogP contribution in [0, 0.1) is 3.57 Å². The molecule has 1 aromatic rings. The van der Waals surface area contributed by atoms with Crippen LogP contribution in [-0.4, -0.2) is 35.6 Å². The van der Waals surface area contributed by atoms with E-state index in [1.807, 2.05) is 24.3 Å². The van der Waals surface area contributed by atoms with Gasteiger partial charge in [0.05, 0.1) is 6.04 Å². The summed E-state index contributed by atoms with van der Waals surface area (Å²) in [6.45, 7) is 0.383. The van der Waals surface area contributed by atoms with E-state index in [0.717, 1.165) is 9.13 Å². The number of halogens is 1. The lowest BCUT2D eigenvalue weighted by Gasteiger charge is -2.17. The summed E-state index contributed by atoms with van der Waals surface area (Å²) in [4.78, 5) is 23.0. The second-order valence-electron chi connectivity index (χ2n) is 4.77. The molecule has 0 fully saturated rings. The largest absolute Gasteiger partial charge is 0.480 e. The maximum atomic E-state index is 12.0. The van der Waals surface area contributed by atoms with Gasteiger partial charge in [0.2, 0.25) is 5.91 Å². The molecular formula is C14H20IN3O3. The molecule has 1 rings (SSSR count). The maximum Gasteiger partial charge on any atom is 0.326 e. The summed E-state index contributed by atoms with van der Waals surface area (Å²) in [6.07, 6.45) is 1.20. The molecule has 0 spiro atoms. The minimum absolute atomic E-state index is 0.299. The molecule has 0 bridgehead atoms. The average Bonchev–Trinajstić information content (AvgIpc) is 2.45. The molecule has 0 aliphatic rings. The van der Waals surface area contributed by atoms with Crippen LogP contribution in [0.1, 0.15) is 18.4 Å². The van der Waals surface area contributed by atoms with Crippen molar-refractivity contribution in [2.24, 2.45) is 11.5 Å². The van der Waals surface area contributed by atoms with Crippen LogP contribution < -0.4 is 16.8 Å². The molecule has 0 aromatic heterocycles. The van der Waals surface area contributed by atoms with Gasteiger partial charge in [-0.3, -0.25) is 4.79 Å². The van der Waals surface area contributed by atoms with Gasteiger partial charge in [0.25, 0.3) is 0 Å². The van der Waals surface area contributed by atoms with Gasteiger partial charge < -0.3 is 21.9 Å². The minimum Gasteiger partial charge on any atom is -0.480 e. The second-order valence-corrected chi connectivity index (χ2v) is 6.01. The smallest absolute Gasteiger partial charge is 0.326 e. The Morgan fingerprint density at radius 1 is 1.29 bits per heavy atom. The Labute approximate surface area is 137 Å². The Balaban J connectivity index is 2.56. The molecule has 0 saturated heterocycles. The summed E-state index contributed by atoms with van der Waals surface area (Å²) in [6, 6.07) is 5.95. The van der Waals surface area contributed by atoms with Gasteiger partial charge in [-0.25, -0.2) is 4.79 Å². The number of aliphatic carboxylic acids is 1. The molecule has 1 amide bonds. The zero-order valence-corrected chi connectivity index (χ0v) is 13.7. The van der Waals surface area contributed by atoms with Crippen molar-refractivity contribution >= 4 is 34.5 Å². The first-order chi connectivity index (χ1) is 9.93. The van der Waals surface area contributed by atoms with Gasteiger partial charge >= 0.3 is 5.97 Å². The Bertz CT molecular complexity index is 479. The summed E-state index contributed by atoms with van der Waals surface area (Å²) < 4.78 is 1.10. The Kier molecular flexibility index (Phi) is 7.62. The zero-order chi connectivity index (χ0) is 15.8. The summed E-state index contributed by atoms with van der Waals surface area (Å²) >= 11 is 2.19. The van der Waals surface area contributed by atoms with Crippen molar-refractivity contribution in [3.8, 4) is 0 Å². The van der Waals surface area contributed by atoms with Crippen molar-refractivity contribution in [3.63, 3.8) is 0 Å². The van der Waals surface area contributed by atoms with Crippen LogP contribution >= 0.6 is 22.6 Å². The third-order valence-corrected chi connectivity index (χ3v) is 3.74. The van der Waals surface area contributed by atoms with E-state index in [-0.39, 0.29) is 0 Å². The monoisotopic (exact) mass is 405 g/mol. The Morgan fingerprint density at radius 2 is 1.90 bits per heavy atom. The Hall–Kier alpha value is -1.19. The molecule has 0 unspecified atom stereocenters. The first-order valence-electron chi connectivity index (χ1n) is 6.67. The van der Waals surface area contributed by atoms with Gasteiger partial charge in [-0.1, -0.05) is 12.1 Å². The first-order valence-corrected chi connectivity index (χ1v) is 7.75. The second kappa shape index (κ2) is 8.96. The molecule has 6 N–H and O–H groups in total. The van der Waals surface area contributed by atoms with Crippen LogP contribution in [0.5, 0.6) is 0 Å². The van der Waals surface area contributed by atoms with Crippen molar-refractivity contribution in [3.05, 3.63) is 33.4 Å². The van der Waals surface area contributed by atoms with Crippen LogP contribution in [0.3, 0.4) is 0 Å². The van der Waals surface area contributed by atoms with Crippen molar-refractivity contribution in [1.82, 2.24) is 5.32 Å². The summed E-state index contributed by atoms with van der Waals surface area (Å²) in [7, 11) is 0. The molecule has 0 aliphatic heterocycles. The number of carboxylic acid groups (broad SMARTS) is 1. The van der Waals surface area contributed by atoms with E-state index in [4.69, 9.17) is 16.6 Å². The minimum atomic E-state index is -1.07. The normalized spacial score (nSPS) is 13.5. The van der Waals surface area contributed by atoms with Gasteiger partial charge in [-0.05, 0) is 66.1 Å². The van der Waals surface area contributed by atoms with E-state index < -0.39 is 24.0 Å². The van der Waals surface area contributed by atoms with Gasteiger partial charge in [-0.2, -0.15) is 0 Å². The van der Waals surface area contributed by atoms with Gasteiger partial charge in [0, 0.05) is 3.57 Å². The predicted octanol–water partition coefficient (Wildman–Crippen LogP) is 0.469. The van der Waals surface area contributed by atoms with Gasteiger partial charge in [0.1, 0.15) is 6.04 Å². The third kappa shape index (κ3) is 6.40. The number of hydrogen-bond acceptors (Lipinski definition) is 4. The fourth-order valence-corrected chi connectivity index (χ4v) is 2.18. The first kappa shape index (κ1) is 17.9. The standard InChI is InChI=1S/C14H20IN3O3/c15-10-5-3-9(4-6-10)8-11(17)13(19)18-12(14(20)21)2-1-7-16/h3-6,11-12H,1-2,7-8,16-17H2,(H,18,19)(H,20,21)/t11-,12-/m0/s1. The van der Waals surface area contributed by atoms with Crippen molar-refractivity contribution in [2.45, 2.75) is 31.3 Å². The van der Waals surface area contributed by atoms with E-state index in [1.54, 1.807) is 0 Å². The van der Waals surface area contributed by atoms with Crippen molar-refractivity contribution in [1.29, 1.82) is 0 Å². The molecule has 0 saturated carbocycles. The van der Waals surface area contributed by atoms with Crippen LogP contribution in [-0.2, 0) is 16.0 Å². The van der Waals surface area contributed by atoms with Crippen LogP contribution in [0.4, 0.5) is 0 Å². The van der Waals surface area contributed by atoms with Gasteiger partial charge in [-0.15, -0.1) is 0 Å². The number of benzene rings is 1. The molecule has 6 nitrogen and oxygen atoms in total. The average molecular weight is 405 g/mol. The highest BCUT2D eigenvalue weighted by Crippen LogP contribution is 2.08. The topological polar surface area (TPSA) is 118 Å². The number of carbonyl (C=O) groups excluding carboxylic acids is 1. The fourth-order valence-electron chi connectivity index (χ4n) is 1.83. The van der Waals surface area contributed by atoms with E-state index in [0.29, 0.717) is 25.8 Å². The fraction of sp³-hybridized carbons (Fsp3) is 0.429. The Morgan fingerprint density at radius 3 is 2.43 bits per heavy atom. The number of nitrogens with one attached hydrogen (secondary N) is 1. The number of rotatable bonds is 8. The number of hydrogen-bond donors (Lipinski definition) is 4. The lowest BCUT2D eigenvalue weighted by Crippen LogP contribution is -2.49. The van der Waals surface area contributed by atoms with Crippen molar-refractivity contribution < 1.29 is 14.7 Å². The van der Waals surface area contributed by atoms with E-state index in [2.05, 4.69) is 27.9 Å². The summed E-state index contributed by atoms with van der Waals surface area (Å²) in [5.41, 5.74) is 12.1. The lowest BCUT2D eigenvalue weighted by atomic mass is 10.1. The molecule has 2 atom stereocenters. The predicted molar refractivity (Wildman–Crippen MR) is 88.7 cm³/mol. The quantitative estimate of drug-likeness (QED) is 0.469. The lowest BCUT2D eigenvalue weighted by molar-refractivity contribution is -0.142. The van der Waals surface area contributed by atoms with Crippen LogP contribution in [0.15, 0.2) is 24.3 Å². The number of amides is 1. The molecular weight excluding hydrogens is 385 g/mol. The highest BCUT2D eigenvalue weighted by molar-refractivity contribution is 14.1. The summed E-state index contributed by atoms with van der Waals surface area (Å²) in [5.74, 6) is -1.53. The maximum absolute atomic E-state index is 12.0. The van der Waals surface area contributed by atoms with Gasteiger partial charge in [0.15, 0.2) is 0 Å². The molecule has 0 aliphatic carbocycles. The third-order valence-electron chi connectivity index (χ3n) is 3.02. The highest BCUT2D eigenvalue weighted by Gasteiger charge is 2.22. The molecule has 7 heteroatoms. The number of nitrogens with two attached hydrogens (primary N) is 2. The molecule has 0 heterocycles. The number of carboxylic acids is 1. The molecule has 116 valence electrons. The van der Waals surface area contributed by atoms with E-state index in [1.165, 1.54) is 0 Å². The van der Waals surface area contributed by atoms with Crippen LogP contribution in [0.2, 0.25) is 0 Å². The SMILES string of the molecule is NCCC[C@H](NC(=O)[C@@H](N)Cc1ccc(I)cc1)C(=O)O. The van der Waals surface area contributed by atoms with E-state index >= 15 is 0 Å². The highest BCUT2D eigenvalue weighted by atomic mass is 127. The van der Waals surface area contributed by atoms with Crippen molar-refractivity contribution in [2.75, 3.05) is 6.54 Å². The summed E-state index contributed by atoms with van der Waals surface area (Å²) in [5, 5.41) is 11.5. The van der Waals surface area contributed by atoms with E-state index in [9.17, 15) is 9.59 Å². The molecule has 0 radical (unpaired) electrons. The van der Waals surface area contributed by atoms with Crippen LogP contribution in [0.25, 0.3) is 0 Å². The zero-order valence-electron chi connectivity index (χ0n) is 11.6. The number of carbonyl (C=O) groups is 2. The molecule has 1 aromatic carbocycles. The molecule has 21 heavy (non-hydrogen) atoms.